The van der Waals surface area contributed by atoms with Crippen LogP contribution >= 0.6 is 0 Å². The maximum Gasteiger partial charge on any atom is 0.238 e. The number of para-hydroxylation sites is 4. The van der Waals surface area contributed by atoms with Gasteiger partial charge in [-0.15, -0.1) is 0 Å². The first-order valence-electron chi connectivity index (χ1n) is 19.1. The highest BCUT2D eigenvalue weighted by molar-refractivity contribution is 6.28. The third-order valence-electron chi connectivity index (χ3n) is 11.2. The predicted molar refractivity (Wildman–Crippen MR) is 232 cm³/mol. The van der Waals surface area contributed by atoms with Crippen molar-refractivity contribution in [1.82, 2.24) is 24.1 Å². The number of hydrogen-bond acceptors (Lipinski definition) is 4. The summed E-state index contributed by atoms with van der Waals surface area (Å²) in [6.45, 7) is 0. The lowest BCUT2D eigenvalue weighted by Crippen LogP contribution is -2.06. The van der Waals surface area contributed by atoms with E-state index in [2.05, 4.69) is 149 Å². The fourth-order valence-corrected chi connectivity index (χ4v) is 8.71. The third kappa shape index (κ3) is 4.81. The first-order chi connectivity index (χ1) is 28.3. The topological polar surface area (TPSA) is 61.7 Å². The SMILES string of the molecule is c1ccc(-c2nc(-c3ccc4oc5ccccc5c4c3)nc(-n3c4ccccc4c4c(-c5ccccc5)c5c6ccccc6n(-c6ccccc6)c5cc43)n2)cc1. The summed E-state index contributed by atoms with van der Waals surface area (Å²) in [4.78, 5) is 15.8. The van der Waals surface area contributed by atoms with Crippen molar-refractivity contribution in [2.75, 3.05) is 0 Å². The molecule has 57 heavy (non-hydrogen) atoms. The largest absolute Gasteiger partial charge is 0.456 e. The zero-order chi connectivity index (χ0) is 37.5. The highest BCUT2D eigenvalue weighted by Gasteiger charge is 2.25. The minimum absolute atomic E-state index is 0.544. The van der Waals surface area contributed by atoms with Gasteiger partial charge in [-0.1, -0.05) is 133 Å². The van der Waals surface area contributed by atoms with Gasteiger partial charge in [0.25, 0.3) is 0 Å². The summed E-state index contributed by atoms with van der Waals surface area (Å²) >= 11 is 0. The van der Waals surface area contributed by atoms with Crippen molar-refractivity contribution >= 4 is 65.6 Å². The van der Waals surface area contributed by atoms with Gasteiger partial charge in [-0.05, 0) is 60.2 Å². The van der Waals surface area contributed by atoms with E-state index in [-0.39, 0.29) is 0 Å². The van der Waals surface area contributed by atoms with Crippen LogP contribution in [0.3, 0.4) is 0 Å². The molecular weight excluding hydrogens is 699 g/mol. The fraction of sp³-hybridized carbons (Fsp3) is 0. The van der Waals surface area contributed by atoms with Crippen LogP contribution in [0.5, 0.6) is 0 Å². The summed E-state index contributed by atoms with van der Waals surface area (Å²) in [5.41, 5.74) is 11.2. The molecule has 0 aliphatic carbocycles. The van der Waals surface area contributed by atoms with Crippen LogP contribution in [0, 0.1) is 0 Å². The molecule has 4 heterocycles. The Hall–Kier alpha value is -7.83. The van der Waals surface area contributed by atoms with Crippen LogP contribution in [0.1, 0.15) is 0 Å². The molecule has 0 radical (unpaired) electrons. The first kappa shape index (κ1) is 31.5. The summed E-state index contributed by atoms with van der Waals surface area (Å²) in [5.74, 6) is 1.73. The molecule has 0 fully saturated rings. The van der Waals surface area contributed by atoms with E-state index in [0.29, 0.717) is 17.6 Å². The molecule has 0 unspecified atom stereocenters. The second-order valence-corrected chi connectivity index (χ2v) is 14.4. The Morgan fingerprint density at radius 3 is 1.58 bits per heavy atom. The molecule has 0 bridgehead atoms. The zero-order valence-electron chi connectivity index (χ0n) is 30.5. The van der Waals surface area contributed by atoms with Crippen LogP contribution in [0.15, 0.2) is 192 Å². The highest BCUT2D eigenvalue weighted by Crippen LogP contribution is 2.47. The maximum absolute atomic E-state index is 6.20. The Labute approximate surface area is 326 Å². The molecule has 266 valence electrons. The van der Waals surface area contributed by atoms with Gasteiger partial charge in [-0.3, -0.25) is 4.57 Å². The molecule has 0 N–H and O–H groups in total. The lowest BCUT2D eigenvalue weighted by Gasteiger charge is -2.13. The van der Waals surface area contributed by atoms with Gasteiger partial charge < -0.3 is 8.98 Å². The van der Waals surface area contributed by atoms with Gasteiger partial charge >= 0.3 is 0 Å². The lowest BCUT2D eigenvalue weighted by atomic mass is 9.94. The quantitative estimate of drug-likeness (QED) is 0.177. The molecule has 6 nitrogen and oxygen atoms in total. The van der Waals surface area contributed by atoms with E-state index in [9.17, 15) is 0 Å². The number of rotatable bonds is 5. The Morgan fingerprint density at radius 2 is 0.877 bits per heavy atom. The number of hydrogen-bond donors (Lipinski definition) is 0. The van der Waals surface area contributed by atoms with Crippen molar-refractivity contribution < 1.29 is 4.42 Å². The van der Waals surface area contributed by atoms with Crippen molar-refractivity contribution in [3.63, 3.8) is 0 Å². The molecule has 0 aliphatic rings. The van der Waals surface area contributed by atoms with E-state index < -0.39 is 0 Å². The van der Waals surface area contributed by atoms with E-state index in [1.54, 1.807) is 0 Å². The molecule has 0 amide bonds. The maximum atomic E-state index is 6.20. The fourth-order valence-electron chi connectivity index (χ4n) is 8.71. The van der Waals surface area contributed by atoms with Crippen molar-refractivity contribution in [2.45, 2.75) is 0 Å². The van der Waals surface area contributed by atoms with Crippen LogP contribution < -0.4 is 0 Å². The number of benzene rings is 8. The van der Waals surface area contributed by atoms with Crippen LogP contribution in [-0.2, 0) is 0 Å². The smallest absolute Gasteiger partial charge is 0.238 e. The average molecular weight is 730 g/mol. The molecule has 12 rings (SSSR count). The Kier molecular flexibility index (Phi) is 6.83. The summed E-state index contributed by atoms with van der Waals surface area (Å²) in [5, 5.41) is 6.75. The molecule has 6 heteroatoms. The van der Waals surface area contributed by atoms with E-state index in [1.807, 2.05) is 48.5 Å². The number of fused-ring (bicyclic) bond motifs is 9. The molecule has 0 saturated carbocycles. The molecular formula is C51H31N5O. The lowest BCUT2D eigenvalue weighted by molar-refractivity contribution is 0.669. The predicted octanol–water partition coefficient (Wildman–Crippen LogP) is 13.0. The third-order valence-corrected chi connectivity index (χ3v) is 11.2. The number of aromatic nitrogens is 5. The van der Waals surface area contributed by atoms with Crippen molar-refractivity contribution in [3.05, 3.63) is 188 Å². The zero-order valence-corrected chi connectivity index (χ0v) is 30.5. The summed E-state index contributed by atoms with van der Waals surface area (Å²) in [6.07, 6.45) is 0. The molecule has 4 aromatic heterocycles. The monoisotopic (exact) mass is 729 g/mol. The standard InChI is InChI=1S/C51H31N5O/c1-4-16-32(17-5-1)46-47-37-23-10-13-25-40(37)55(35-20-8-3-9-21-35)42(47)31-43-48(46)38-24-11-14-26-41(38)56(43)51-53-49(33-18-6-2-7-19-33)52-50(54-51)34-28-29-45-39(30-34)36-22-12-15-27-44(36)57-45/h1-31H. The minimum Gasteiger partial charge on any atom is -0.456 e. The minimum atomic E-state index is 0.544. The Balaban J connectivity index is 1.23. The van der Waals surface area contributed by atoms with Crippen molar-refractivity contribution in [2.24, 2.45) is 0 Å². The summed E-state index contributed by atoms with van der Waals surface area (Å²) in [7, 11) is 0. The normalized spacial score (nSPS) is 11.9. The van der Waals surface area contributed by atoms with E-state index in [0.717, 1.165) is 77.2 Å². The van der Waals surface area contributed by atoms with E-state index in [1.165, 1.54) is 16.3 Å². The first-order valence-corrected chi connectivity index (χ1v) is 19.1. The Bertz CT molecular complexity index is 3510. The molecule has 0 spiro atoms. The number of nitrogens with zero attached hydrogens (tertiary/aromatic N) is 5. The second-order valence-electron chi connectivity index (χ2n) is 14.4. The van der Waals surface area contributed by atoms with Gasteiger partial charge in [-0.25, -0.2) is 4.98 Å². The van der Waals surface area contributed by atoms with Gasteiger partial charge in [0.1, 0.15) is 11.2 Å². The second kappa shape index (κ2) is 12.3. The van der Waals surface area contributed by atoms with Gasteiger partial charge in [0.15, 0.2) is 11.6 Å². The summed E-state index contributed by atoms with van der Waals surface area (Å²) in [6, 6.07) is 65.6. The molecule has 0 atom stereocenters. The average Bonchev–Trinajstić information content (AvgIpc) is 3.93. The van der Waals surface area contributed by atoms with E-state index in [4.69, 9.17) is 19.4 Å². The molecule has 0 aliphatic heterocycles. The van der Waals surface area contributed by atoms with Crippen molar-refractivity contribution in [3.8, 4) is 45.5 Å². The summed E-state index contributed by atoms with van der Waals surface area (Å²) < 4.78 is 10.8. The van der Waals surface area contributed by atoms with Crippen LogP contribution in [-0.4, -0.2) is 24.1 Å². The molecule has 12 aromatic rings. The Morgan fingerprint density at radius 1 is 0.351 bits per heavy atom. The van der Waals surface area contributed by atoms with Crippen LogP contribution in [0.4, 0.5) is 0 Å². The van der Waals surface area contributed by atoms with Crippen LogP contribution in [0.25, 0.3) is 111 Å². The van der Waals surface area contributed by atoms with E-state index >= 15 is 0 Å². The van der Waals surface area contributed by atoms with Gasteiger partial charge in [0, 0.05) is 54.7 Å². The molecule has 0 saturated heterocycles. The molecule has 8 aromatic carbocycles. The highest BCUT2D eigenvalue weighted by atomic mass is 16.3. The van der Waals surface area contributed by atoms with Crippen LogP contribution in [0.2, 0.25) is 0 Å². The van der Waals surface area contributed by atoms with Gasteiger partial charge in [-0.2, -0.15) is 9.97 Å². The van der Waals surface area contributed by atoms with Gasteiger partial charge in [0.05, 0.1) is 22.1 Å². The van der Waals surface area contributed by atoms with Gasteiger partial charge in [0.2, 0.25) is 5.95 Å². The number of furan rings is 1. The van der Waals surface area contributed by atoms with Crippen molar-refractivity contribution in [1.29, 1.82) is 0 Å².